The molecule has 5 rings (SSSR count). The molecular formula is C24H24F3N5O3. The fourth-order valence-electron chi connectivity index (χ4n) is 4.05. The molecule has 3 N–H and O–H groups in total. The summed E-state index contributed by atoms with van der Waals surface area (Å²) in [5, 5.41) is 10.0. The van der Waals surface area contributed by atoms with Crippen molar-refractivity contribution in [1.82, 2.24) is 20.3 Å². The van der Waals surface area contributed by atoms with E-state index in [4.69, 9.17) is 9.90 Å². The molecule has 184 valence electrons. The van der Waals surface area contributed by atoms with E-state index in [1.807, 2.05) is 30.6 Å². The first-order chi connectivity index (χ1) is 16.7. The van der Waals surface area contributed by atoms with Crippen molar-refractivity contribution in [2.45, 2.75) is 31.9 Å². The maximum atomic E-state index is 12.0. The normalized spacial score (nSPS) is 15.5. The van der Waals surface area contributed by atoms with Crippen molar-refractivity contribution in [1.29, 1.82) is 0 Å². The Bertz CT molecular complexity index is 1200. The number of fused-ring (bicyclic) bond motifs is 1. The summed E-state index contributed by atoms with van der Waals surface area (Å²) in [6, 6.07) is 10.1. The number of aromatic amines is 1. The molecule has 8 nitrogen and oxygen atoms in total. The van der Waals surface area contributed by atoms with Crippen LogP contribution in [0.5, 0.6) is 0 Å². The first kappa shape index (κ1) is 24.2. The Morgan fingerprint density at radius 2 is 1.77 bits per heavy atom. The van der Waals surface area contributed by atoms with Gasteiger partial charge in [-0.15, -0.1) is 0 Å². The topological polar surface area (TPSA) is 111 Å². The van der Waals surface area contributed by atoms with Crippen LogP contribution in [0.15, 0.2) is 42.7 Å². The Morgan fingerprint density at radius 3 is 2.40 bits per heavy atom. The molecule has 0 atom stereocenters. The predicted octanol–water partition coefficient (Wildman–Crippen LogP) is 4.05. The zero-order valence-electron chi connectivity index (χ0n) is 18.7. The summed E-state index contributed by atoms with van der Waals surface area (Å²) < 4.78 is 31.7. The molecule has 1 amide bonds. The van der Waals surface area contributed by atoms with E-state index in [0.29, 0.717) is 6.54 Å². The molecule has 3 aromatic heterocycles. The van der Waals surface area contributed by atoms with Crippen LogP contribution in [0.25, 0.3) is 22.5 Å². The summed E-state index contributed by atoms with van der Waals surface area (Å²) in [4.78, 5) is 35.9. The number of amides is 1. The maximum Gasteiger partial charge on any atom is 0.490 e. The maximum absolute atomic E-state index is 12.0. The zero-order chi connectivity index (χ0) is 25.0. The highest BCUT2D eigenvalue weighted by molar-refractivity contribution is 5.97. The average Bonchev–Trinajstić information content (AvgIpc) is 3.31. The Hall–Kier alpha value is -3.89. The lowest BCUT2D eigenvalue weighted by atomic mass is 10.1. The smallest absolute Gasteiger partial charge is 0.475 e. The van der Waals surface area contributed by atoms with Crippen molar-refractivity contribution in [3.8, 4) is 22.5 Å². The average molecular weight is 487 g/mol. The molecule has 2 aliphatic heterocycles. The number of piperidine rings is 1. The molecule has 0 radical (unpaired) electrons. The van der Waals surface area contributed by atoms with Crippen molar-refractivity contribution in [2.24, 2.45) is 0 Å². The number of alkyl halides is 3. The molecule has 1 saturated heterocycles. The SMILES string of the molecule is O=C(O)C(F)(F)F.O=C1NCCc2[nH]c(-c3ccnc(-c4ccc(N5CCCCC5)nc4)c3)cc21. The Morgan fingerprint density at radius 1 is 1.03 bits per heavy atom. The Balaban J connectivity index is 0.000000364. The number of nitrogens with one attached hydrogen (secondary N) is 2. The largest absolute Gasteiger partial charge is 0.490 e. The number of rotatable bonds is 3. The predicted molar refractivity (Wildman–Crippen MR) is 123 cm³/mol. The molecule has 0 unspecified atom stereocenters. The van der Waals surface area contributed by atoms with Gasteiger partial charge in [-0.25, -0.2) is 9.78 Å². The number of halogens is 3. The first-order valence-corrected chi connectivity index (χ1v) is 11.2. The van der Waals surface area contributed by atoms with Crippen molar-refractivity contribution in [2.75, 3.05) is 24.5 Å². The van der Waals surface area contributed by atoms with Gasteiger partial charge in [-0.1, -0.05) is 0 Å². The van der Waals surface area contributed by atoms with E-state index >= 15 is 0 Å². The van der Waals surface area contributed by atoms with Crippen LogP contribution < -0.4 is 10.2 Å². The number of anilines is 1. The summed E-state index contributed by atoms with van der Waals surface area (Å²) in [6.45, 7) is 2.86. The second-order valence-electron chi connectivity index (χ2n) is 8.27. The fraction of sp³-hybridized carbons (Fsp3) is 0.333. The van der Waals surface area contributed by atoms with Gasteiger partial charge in [0.15, 0.2) is 0 Å². The minimum absolute atomic E-state index is 0.00414. The third-order valence-electron chi connectivity index (χ3n) is 5.84. The second kappa shape index (κ2) is 10.2. The number of aromatic nitrogens is 3. The van der Waals surface area contributed by atoms with Gasteiger partial charge in [-0.2, -0.15) is 13.2 Å². The molecule has 35 heavy (non-hydrogen) atoms. The van der Waals surface area contributed by atoms with Crippen LogP contribution in [0.1, 0.15) is 35.3 Å². The number of carboxylic acid groups (broad SMARTS) is 1. The van der Waals surface area contributed by atoms with E-state index in [1.54, 1.807) is 0 Å². The Labute approximate surface area is 199 Å². The molecule has 0 aromatic carbocycles. The van der Waals surface area contributed by atoms with Gasteiger partial charge in [-0.3, -0.25) is 9.78 Å². The fourth-order valence-corrected chi connectivity index (χ4v) is 4.05. The summed E-state index contributed by atoms with van der Waals surface area (Å²) in [5.74, 6) is -1.72. The summed E-state index contributed by atoms with van der Waals surface area (Å²) in [7, 11) is 0. The number of hydrogen-bond acceptors (Lipinski definition) is 5. The highest BCUT2D eigenvalue weighted by Crippen LogP contribution is 2.28. The number of carbonyl (C=O) groups is 2. The quantitative estimate of drug-likeness (QED) is 0.514. The van der Waals surface area contributed by atoms with Gasteiger partial charge in [0.25, 0.3) is 5.91 Å². The number of carbonyl (C=O) groups excluding carboxylic acids is 1. The van der Waals surface area contributed by atoms with Crippen LogP contribution in [0.3, 0.4) is 0 Å². The van der Waals surface area contributed by atoms with Crippen molar-refractivity contribution in [3.63, 3.8) is 0 Å². The Kier molecular flexibility index (Phi) is 7.04. The van der Waals surface area contributed by atoms with Crippen LogP contribution in [0.2, 0.25) is 0 Å². The van der Waals surface area contributed by atoms with E-state index < -0.39 is 12.1 Å². The number of H-pyrrole nitrogens is 1. The van der Waals surface area contributed by atoms with Crippen LogP contribution in [0.4, 0.5) is 19.0 Å². The highest BCUT2D eigenvalue weighted by Gasteiger charge is 2.38. The molecule has 0 aliphatic carbocycles. The number of nitrogens with zero attached hydrogens (tertiary/aromatic N) is 3. The van der Waals surface area contributed by atoms with E-state index in [-0.39, 0.29) is 5.91 Å². The molecule has 1 fully saturated rings. The molecule has 2 aliphatic rings. The standard InChI is InChI=1S/C22H23N5O.C2HF3O2/c28-22-17-13-20(26-18(17)7-9-24-22)15-6-8-23-19(12-15)16-4-5-21(25-14-16)27-10-2-1-3-11-27;3-2(4,5)1(6)7/h4-6,8,12-14,26H,1-3,7,9-11H2,(H,24,28);(H,6,7). The van der Waals surface area contributed by atoms with Crippen LogP contribution >= 0.6 is 0 Å². The third kappa shape index (κ3) is 5.79. The lowest BCUT2D eigenvalue weighted by Crippen LogP contribution is -2.31. The monoisotopic (exact) mass is 487 g/mol. The van der Waals surface area contributed by atoms with E-state index in [1.165, 1.54) is 19.3 Å². The van der Waals surface area contributed by atoms with Crippen molar-refractivity contribution in [3.05, 3.63) is 54.0 Å². The van der Waals surface area contributed by atoms with Gasteiger partial charge in [-0.05, 0) is 49.6 Å². The first-order valence-electron chi connectivity index (χ1n) is 11.2. The van der Waals surface area contributed by atoms with Gasteiger partial charge in [0.1, 0.15) is 5.82 Å². The molecule has 5 heterocycles. The third-order valence-corrected chi connectivity index (χ3v) is 5.84. The molecule has 0 saturated carbocycles. The van der Waals surface area contributed by atoms with Gasteiger partial charge in [0, 0.05) is 61.0 Å². The van der Waals surface area contributed by atoms with Gasteiger partial charge < -0.3 is 20.3 Å². The minimum atomic E-state index is -5.08. The van der Waals surface area contributed by atoms with Gasteiger partial charge in [0.2, 0.25) is 0 Å². The van der Waals surface area contributed by atoms with Crippen LogP contribution in [-0.4, -0.2) is 57.7 Å². The van der Waals surface area contributed by atoms with E-state index in [2.05, 4.69) is 37.3 Å². The van der Waals surface area contributed by atoms with Gasteiger partial charge >= 0.3 is 12.1 Å². The van der Waals surface area contributed by atoms with Crippen molar-refractivity contribution >= 4 is 17.7 Å². The highest BCUT2D eigenvalue weighted by atomic mass is 19.4. The summed E-state index contributed by atoms with van der Waals surface area (Å²) >= 11 is 0. The minimum Gasteiger partial charge on any atom is -0.475 e. The lowest BCUT2D eigenvalue weighted by molar-refractivity contribution is -0.192. The molecule has 11 heteroatoms. The van der Waals surface area contributed by atoms with Crippen molar-refractivity contribution < 1.29 is 27.9 Å². The second-order valence-corrected chi connectivity index (χ2v) is 8.27. The molecular weight excluding hydrogens is 463 g/mol. The number of carboxylic acids is 1. The lowest BCUT2D eigenvalue weighted by Gasteiger charge is -2.27. The number of hydrogen-bond donors (Lipinski definition) is 3. The molecule has 0 bridgehead atoms. The summed E-state index contributed by atoms with van der Waals surface area (Å²) in [5.41, 5.74) is 5.59. The zero-order valence-corrected chi connectivity index (χ0v) is 18.7. The van der Waals surface area contributed by atoms with E-state index in [9.17, 15) is 18.0 Å². The molecule has 0 spiro atoms. The summed E-state index contributed by atoms with van der Waals surface area (Å²) in [6.07, 6.45) is 3.26. The van der Waals surface area contributed by atoms with Gasteiger partial charge in [0.05, 0.1) is 11.3 Å². The van der Waals surface area contributed by atoms with Crippen LogP contribution in [-0.2, 0) is 11.2 Å². The van der Waals surface area contributed by atoms with E-state index in [0.717, 1.165) is 59.1 Å². The molecule has 3 aromatic rings. The van der Waals surface area contributed by atoms with Crippen LogP contribution in [0, 0.1) is 0 Å². The number of aliphatic carboxylic acids is 1. The number of pyridine rings is 2.